The molecule has 0 amide bonds. The molecule has 0 saturated heterocycles. The van der Waals surface area contributed by atoms with Gasteiger partial charge in [-0.3, -0.25) is 0 Å². The Morgan fingerprint density at radius 3 is 0.714 bits per heavy atom. The quantitative estimate of drug-likeness (QED) is 0.288. The van der Waals surface area contributed by atoms with Gasteiger partial charge in [-0.25, -0.2) is 0 Å². The maximum absolute atomic E-state index is 7.56. The van der Waals surface area contributed by atoms with Crippen LogP contribution in [0, 0.1) is 11.8 Å². The van der Waals surface area contributed by atoms with Gasteiger partial charge in [-0.15, -0.1) is 0 Å². The Labute approximate surface area is 151 Å². The smallest absolute Gasteiger partial charge is 0.319 e. The van der Waals surface area contributed by atoms with Crippen molar-refractivity contribution in [2.45, 2.75) is 54.4 Å². The van der Waals surface area contributed by atoms with Crippen LogP contribution in [0.2, 0.25) is 0 Å². The second kappa shape index (κ2) is 19.7. The average molecular weight is 438 g/mol. The van der Waals surface area contributed by atoms with Gasteiger partial charge in [0.2, 0.25) is 0 Å². The fourth-order valence-corrected chi connectivity index (χ4v) is 0. The maximum atomic E-state index is 7.56. The van der Waals surface area contributed by atoms with Crippen LogP contribution in [0.25, 0.3) is 0 Å². The molecule has 0 aliphatic carbocycles. The van der Waals surface area contributed by atoms with Crippen molar-refractivity contribution >= 4 is 37.1 Å². The molecule has 11 heteroatoms. The topological polar surface area (TPSA) is 121 Å². The van der Waals surface area contributed by atoms with Gasteiger partial charge >= 0.3 is 13.4 Å². The fourth-order valence-electron chi connectivity index (χ4n) is 0. The van der Waals surface area contributed by atoms with Gasteiger partial charge < -0.3 is 29.4 Å². The second-order valence-electron chi connectivity index (χ2n) is 4.63. The van der Waals surface area contributed by atoms with E-state index in [2.05, 4.69) is 65.2 Å². The minimum atomic E-state index is -3.81. The summed E-state index contributed by atoms with van der Waals surface area (Å²) in [6, 6.07) is 0. The van der Waals surface area contributed by atoms with E-state index in [1.807, 2.05) is 0 Å². The van der Waals surface area contributed by atoms with Gasteiger partial charge in [0, 0.05) is 19.5 Å². The van der Waals surface area contributed by atoms with Gasteiger partial charge in [-0.2, -0.15) is 0 Å². The predicted octanol–water partition coefficient (Wildman–Crippen LogP) is 2.48. The van der Waals surface area contributed by atoms with E-state index < -0.39 is 13.4 Å². The molecule has 0 aliphatic heterocycles. The molecule has 0 bridgehead atoms. The predicted molar refractivity (Wildman–Crippen MR) is 92.1 cm³/mol. The van der Waals surface area contributed by atoms with Crippen LogP contribution in [0.3, 0.4) is 0 Å². The largest absolute Gasteiger partial charge is 0.325 e. The first kappa shape index (κ1) is 34.1. The van der Waals surface area contributed by atoms with Gasteiger partial charge in [-0.1, -0.05) is 54.4 Å². The molecule has 0 aromatic rings. The molecule has 0 aliphatic rings. The van der Waals surface area contributed by atoms with Crippen molar-refractivity contribution < 1.29 is 48.8 Å². The van der Waals surface area contributed by atoms with Crippen molar-refractivity contribution in [3.05, 3.63) is 0 Å². The van der Waals surface area contributed by atoms with E-state index in [1.165, 1.54) is 12.8 Å². The van der Waals surface area contributed by atoms with E-state index in [0.29, 0.717) is 0 Å². The Morgan fingerprint density at radius 1 is 0.667 bits per heavy atom. The summed E-state index contributed by atoms with van der Waals surface area (Å²) < 4.78 is 0. The van der Waals surface area contributed by atoms with Gasteiger partial charge in [0.15, 0.2) is 0 Å². The van der Waals surface area contributed by atoms with Crippen LogP contribution in [-0.2, 0) is 43.1 Å². The molecule has 0 unspecified atom stereocenters. The van der Waals surface area contributed by atoms with Crippen LogP contribution in [0.4, 0.5) is 0 Å². The van der Waals surface area contributed by atoms with Crippen molar-refractivity contribution in [1.29, 1.82) is 0 Å². The molecular formula is C10H30O6P2S2Zn. The average Bonchev–Trinajstić information content (AvgIpc) is 2.13. The van der Waals surface area contributed by atoms with E-state index in [4.69, 9.17) is 29.4 Å². The molecule has 6 nitrogen and oxygen atoms in total. The summed E-state index contributed by atoms with van der Waals surface area (Å²) in [4.78, 5) is 45.3. The second-order valence-corrected chi connectivity index (χ2v) is 9.62. The van der Waals surface area contributed by atoms with Crippen LogP contribution < -0.4 is 0 Å². The summed E-state index contributed by atoms with van der Waals surface area (Å²) in [7, 11) is 0. The fraction of sp³-hybridized carbons (Fsp3) is 1.00. The maximum Gasteiger partial charge on any atom is 0.319 e. The molecule has 0 aromatic carbocycles. The molecule has 0 fully saturated rings. The molecule has 21 heavy (non-hydrogen) atoms. The minimum absolute atomic E-state index is 0. The van der Waals surface area contributed by atoms with Crippen molar-refractivity contribution in [2.75, 3.05) is 0 Å². The number of hydrogen-bond donors (Lipinski definition) is 6. The first-order chi connectivity index (χ1) is 8.54. The summed E-state index contributed by atoms with van der Waals surface area (Å²) in [5.74, 6) is 1.77. The third-order valence-electron chi connectivity index (χ3n) is 1.63. The van der Waals surface area contributed by atoms with E-state index in [1.54, 1.807) is 0 Å². The molecule has 0 atom stereocenters. The molecule has 0 rings (SSSR count). The number of rotatable bonds is 2. The van der Waals surface area contributed by atoms with Gasteiger partial charge in [-0.05, 0) is 35.4 Å². The molecule has 0 heterocycles. The van der Waals surface area contributed by atoms with E-state index in [9.17, 15) is 0 Å². The summed E-state index contributed by atoms with van der Waals surface area (Å²) in [6.07, 6.45) is 2.61. The standard InChI is InChI=1S/2C5H12.2H3O3PS.Zn/c2*1-4-5(2)3;2*1-4(2,3)5;/h2*5H,4H2,1-3H3;2*(H3,1,2,3,5);. The molecule has 130 valence electrons. The minimum Gasteiger partial charge on any atom is -0.325 e. The van der Waals surface area contributed by atoms with Crippen LogP contribution in [-0.4, -0.2) is 29.4 Å². The Morgan fingerprint density at radius 2 is 0.714 bits per heavy atom. The Bertz CT molecular complexity index is 236. The molecule has 0 radical (unpaired) electrons. The van der Waals surface area contributed by atoms with Crippen LogP contribution in [0.15, 0.2) is 0 Å². The third-order valence-corrected chi connectivity index (χ3v) is 1.63. The third kappa shape index (κ3) is 260. The van der Waals surface area contributed by atoms with Crippen LogP contribution in [0.5, 0.6) is 0 Å². The SMILES string of the molecule is CCC(C)C.CCC(C)C.OP(O)(O)=S.OP(O)(O)=S.[Zn]. The first-order valence-electron chi connectivity index (χ1n) is 6.11. The Kier molecular flexibility index (Phi) is 32.0. The summed E-state index contributed by atoms with van der Waals surface area (Å²) >= 11 is 7.21. The summed E-state index contributed by atoms with van der Waals surface area (Å²) in [6.45, 7) is 5.68. The van der Waals surface area contributed by atoms with E-state index in [-0.39, 0.29) is 19.5 Å². The van der Waals surface area contributed by atoms with Crippen LogP contribution in [0.1, 0.15) is 54.4 Å². The molecule has 6 N–H and O–H groups in total. The zero-order valence-electron chi connectivity index (χ0n) is 13.7. The summed E-state index contributed by atoms with van der Waals surface area (Å²) in [5, 5.41) is 0. The zero-order valence-corrected chi connectivity index (χ0v) is 20.1. The zero-order chi connectivity index (χ0) is 17.6. The first-order valence-corrected chi connectivity index (χ1v) is 11.4. The molecule has 0 spiro atoms. The summed E-state index contributed by atoms with van der Waals surface area (Å²) in [5.41, 5.74) is 0. The van der Waals surface area contributed by atoms with E-state index in [0.717, 1.165) is 11.8 Å². The molecule has 0 aromatic heterocycles. The Balaban J connectivity index is -0.0000000533. The van der Waals surface area contributed by atoms with Crippen molar-refractivity contribution in [3.63, 3.8) is 0 Å². The molecular weight excluding hydrogens is 408 g/mol. The van der Waals surface area contributed by atoms with E-state index >= 15 is 0 Å². The van der Waals surface area contributed by atoms with Gasteiger partial charge in [0.05, 0.1) is 0 Å². The van der Waals surface area contributed by atoms with Crippen molar-refractivity contribution in [1.82, 2.24) is 0 Å². The normalized spacial score (nSPS) is 10.2. The van der Waals surface area contributed by atoms with Crippen molar-refractivity contribution in [2.24, 2.45) is 11.8 Å². The number of hydrogen-bond acceptors (Lipinski definition) is 2. The Hall–Kier alpha value is 1.68. The molecule has 0 saturated carbocycles. The van der Waals surface area contributed by atoms with Gasteiger partial charge in [0.25, 0.3) is 0 Å². The van der Waals surface area contributed by atoms with Crippen molar-refractivity contribution in [3.8, 4) is 0 Å². The monoisotopic (exact) mass is 436 g/mol. The van der Waals surface area contributed by atoms with Gasteiger partial charge in [0.1, 0.15) is 0 Å². The van der Waals surface area contributed by atoms with Crippen LogP contribution >= 0.6 is 13.4 Å².